The predicted molar refractivity (Wildman–Crippen MR) is 101 cm³/mol. The molecule has 10 heteroatoms. The lowest BCUT2D eigenvalue weighted by Gasteiger charge is -2.12. The van der Waals surface area contributed by atoms with E-state index >= 15 is 0 Å². The van der Waals surface area contributed by atoms with E-state index in [-0.39, 0.29) is 0 Å². The highest BCUT2D eigenvalue weighted by atomic mass is 35.5. The average Bonchev–Trinajstić information content (AvgIpc) is 2.65. The molecule has 1 amide bonds. The fourth-order valence-electron chi connectivity index (χ4n) is 2.31. The van der Waals surface area contributed by atoms with Crippen molar-refractivity contribution in [1.29, 1.82) is 0 Å². The molecule has 1 heterocycles. The lowest BCUT2D eigenvalue weighted by atomic mass is 10.2. The number of pyridine rings is 1. The van der Waals surface area contributed by atoms with Gasteiger partial charge in [-0.2, -0.15) is 13.2 Å². The van der Waals surface area contributed by atoms with Crippen molar-refractivity contribution >= 4 is 29.2 Å². The molecule has 1 aromatic carbocycles. The number of benzene rings is 1. The summed E-state index contributed by atoms with van der Waals surface area (Å²) < 4.78 is 44.2. The summed E-state index contributed by atoms with van der Waals surface area (Å²) in [5.41, 5.74) is -1.47. The lowest BCUT2D eigenvalue weighted by Crippen LogP contribution is -2.29. The van der Waals surface area contributed by atoms with Crippen molar-refractivity contribution in [3.63, 3.8) is 0 Å². The summed E-state index contributed by atoms with van der Waals surface area (Å²) in [6, 6.07) is 6.28. The molecule has 0 bridgehead atoms. The predicted octanol–water partition coefficient (Wildman–Crippen LogP) is 4.12. The average molecular weight is 431 g/mol. The molecule has 0 atom stereocenters. The zero-order chi connectivity index (χ0) is 21.6. The van der Waals surface area contributed by atoms with E-state index in [0.717, 1.165) is 12.8 Å². The number of ether oxygens (including phenoxy) is 1. The summed E-state index contributed by atoms with van der Waals surface area (Å²) >= 11 is 5.55. The van der Waals surface area contributed by atoms with E-state index in [1.165, 1.54) is 24.3 Å². The van der Waals surface area contributed by atoms with Crippen molar-refractivity contribution in [2.45, 2.75) is 32.5 Å². The Labute approximate surface area is 169 Å². The van der Waals surface area contributed by atoms with Gasteiger partial charge in [0, 0.05) is 11.9 Å². The van der Waals surface area contributed by atoms with Crippen LogP contribution in [0.1, 0.15) is 35.7 Å². The van der Waals surface area contributed by atoms with Gasteiger partial charge in [0.05, 0.1) is 17.7 Å². The smallest absolute Gasteiger partial charge is 0.417 e. The number of anilines is 1. The Morgan fingerprint density at radius 1 is 1.21 bits per heavy atom. The standard InChI is InChI=1S/C19H18ClF3N2O4/c1-2-3-8-29-18(28)12-4-6-14(7-5-12)24-16(26)11-25-10-13(19(21,22)23)9-15(20)17(25)27/h4-7,9-10H,2-3,8,11H2,1H3,(H,24,26). The van der Waals surface area contributed by atoms with E-state index in [2.05, 4.69) is 5.32 Å². The Morgan fingerprint density at radius 2 is 1.86 bits per heavy atom. The minimum absolute atomic E-state index is 0.292. The zero-order valence-corrected chi connectivity index (χ0v) is 16.1. The number of carbonyl (C=O) groups is 2. The van der Waals surface area contributed by atoms with Crippen LogP contribution in [0.25, 0.3) is 0 Å². The van der Waals surface area contributed by atoms with Crippen LogP contribution in [0.15, 0.2) is 41.3 Å². The Morgan fingerprint density at radius 3 is 2.45 bits per heavy atom. The number of unbranched alkanes of at least 4 members (excludes halogenated alkanes) is 1. The Balaban J connectivity index is 2.05. The van der Waals surface area contributed by atoms with Gasteiger partial charge >= 0.3 is 12.1 Å². The Bertz CT molecular complexity index is 940. The molecule has 2 aromatic rings. The molecule has 29 heavy (non-hydrogen) atoms. The second-order valence-corrected chi connectivity index (χ2v) is 6.53. The van der Waals surface area contributed by atoms with E-state index < -0.39 is 40.7 Å². The highest BCUT2D eigenvalue weighted by Crippen LogP contribution is 2.29. The van der Waals surface area contributed by atoms with E-state index in [9.17, 15) is 27.6 Å². The molecule has 6 nitrogen and oxygen atoms in total. The van der Waals surface area contributed by atoms with Gasteiger partial charge in [-0.25, -0.2) is 4.79 Å². The van der Waals surface area contributed by atoms with E-state index in [4.69, 9.17) is 16.3 Å². The first-order chi connectivity index (χ1) is 13.6. The number of amides is 1. The molecule has 2 rings (SSSR count). The molecule has 1 aromatic heterocycles. The highest BCUT2D eigenvalue weighted by molar-refractivity contribution is 6.30. The molecule has 156 valence electrons. The van der Waals surface area contributed by atoms with Gasteiger partial charge in [-0.05, 0) is 36.8 Å². The molecule has 0 unspecified atom stereocenters. The van der Waals surface area contributed by atoms with E-state index in [1.54, 1.807) is 0 Å². The first-order valence-electron chi connectivity index (χ1n) is 8.66. The summed E-state index contributed by atoms with van der Waals surface area (Å²) in [5.74, 6) is -1.23. The minimum Gasteiger partial charge on any atom is -0.462 e. The van der Waals surface area contributed by atoms with Gasteiger partial charge in [0.15, 0.2) is 0 Å². The van der Waals surface area contributed by atoms with Crippen molar-refractivity contribution in [1.82, 2.24) is 4.57 Å². The second-order valence-electron chi connectivity index (χ2n) is 6.12. The molecule has 1 N–H and O–H groups in total. The first-order valence-corrected chi connectivity index (χ1v) is 9.04. The number of nitrogens with zero attached hydrogens (tertiary/aromatic N) is 1. The van der Waals surface area contributed by atoms with Crippen molar-refractivity contribution in [2.75, 3.05) is 11.9 Å². The molecule has 0 radical (unpaired) electrons. The number of aromatic nitrogens is 1. The number of nitrogens with one attached hydrogen (secondary N) is 1. The summed E-state index contributed by atoms with van der Waals surface area (Å²) in [6.07, 6.45) is -2.54. The van der Waals surface area contributed by atoms with Gasteiger partial charge in [-0.3, -0.25) is 9.59 Å². The third kappa shape index (κ3) is 6.35. The SMILES string of the molecule is CCCCOC(=O)c1ccc(NC(=O)Cn2cc(C(F)(F)F)cc(Cl)c2=O)cc1. The van der Waals surface area contributed by atoms with Crippen LogP contribution < -0.4 is 10.9 Å². The third-order valence-corrected chi connectivity index (χ3v) is 4.09. The molecular weight excluding hydrogens is 413 g/mol. The van der Waals surface area contributed by atoms with E-state index in [0.29, 0.717) is 34.7 Å². The molecule has 0 aliphatic carbocycles. The van der Waals surface area contributed by atoms with Crippen LogP contribution in [0.4, 0.5) is 18.9 Å². The van der Waals surface area contributed by atoms with Crippen molar-refractivity contribution < 1.29 is 27.5 Å². The molecule has 0 aliphatic heterocycles. The molecule has 0 saturated carbocycles. The quantitative estimate of drug-likeness (QED) is 0.529. The zero-order valence-electron chi connectivity index (χ0n) is 15.4. The minimum atomic E-state index is -4.71. The molecule has 0 saturated heterocycles. The van der Waals surface area contributed by atoms with Crippen LogP contribution in [0.5, 0.6) is 0 Å². The summed E-state index contributed by atoms with van der Waals surface area (Å²) in [6.45, 7) is 1.61. The van der Waals surface area contributed by atoms with Crippen molar-refractivity contribution in [3.05, 3.63) is 63.0 Å². The summed E-state index contributed by atoms with van der Waals surface area (Å²) in [7, 11) is 0. The first kappa shape index (κ1) is 22.5. The third-order valence-electron chi connectivity index (χ3n) is 3.82. The maximum atomic E-state index is 12.9. The van der Waals surface area contributed by atoms with Gasteiger partial charge in [-0.1, -0.05) is 24.9 Å². The van der Waals surface area contributed by atoms with Gasteiger partial charge in [0.25, 0.3) is 5.56 Å². The Hall–Kier alpha value is -2.81. The van der Waals surface area contributed by atoms with Gasteiger partial charge in [0.2, 0.25) is 5.91 Å². The largest absolute Gasteiger partial charge is 0.462 e. The summed E-state index contributed by atoms with van der Waals surface area (Å²) in [4.78, 5) is 35.8. The van der Waals surface area contributed by atoms with Crippen molar-refractivity contribution in [3.8, 4) is 0 Å². The molecular formula is C19H18ClF3N2O4. The topological polar surface area (TPSA) is 77.4 Å². The fraction of sp³-hybridized carbons (Fsp3) is 0.316. The van der Waals surface area contributed by atoms with Crippen LogP contribution in [-0.4, -0.2) is 23.1 Å². The van der Waals surface area contributed by atoms with Gasteiger partial charge < -0.3 is 14.6 Å². The molecule has 0 aliphatic rings. The number of hydrogen-bond acceptors (Lipinski definition) is 4. The number of carbonyl (C=O) groups excluding carboxylic acids is 2. The second kappa shape index (κ2) is 9.60. The molecule has 0 spiro atoms. The Kier molecular flexibility index (Phi) is 7.44. The van der Waals surface area contributed by atoms with Crippen molar-refractivity contribution in [2.24, 2.45) is 0 Å². The maximum Gasteiger partial charge on any atom is 0.417 e. The van der Waals surface area contributed by atoms with Crippen LogP contribution in [0.2, 0.25) is 5.02 Å². The van der Waals surface area contributed by atoms with Gasteiger partial charge in [-0.15, -0.1) is 0 Å². The number of esters is 1. The maximum absolute atomic E-state index is 12.9. The van der Waals surface area contributed by atoms with Crippen LogP contribution in [0.3, 0.4) is 0 Å². The molecule has 0 fully saturated rings. The monoisotopic (exact) mass is 430 g/mol. The summed E-state index contributed by atoms with van der Waals surface area (Å²) in [5, 5.41) is 1.80. The number of alkyl halides is 3. The highest BCUT2D eigenvalue weighted by Gasteiger charge is 2.32. The number of hydrogen-bond donors (Lipinski definition) is 1. The number of halogens is 4. The number of rotatable bonds is 7. The van der Waals surface area contributed by atoms with E-state index in [1.807, 2.05) is 6.92 Å². The van der Waals surface area contributed by atoms with Crippen LogP contribution in [-0.2, 0) is 22.3 Å². The van der Waals surface area contributed by atoms with Crippen LogP contribution in [0, 0.1) is 0 Å². The lowest BCUT2D eigenvalue weighted by molar-refractivity contribution is -0.138. The fourth-order valence-corrected chi connectivity index (χ4v) is 2.54. The normalized spacial score (nSPS) is 11.2. The van der Waals surface area contributed by atoms with Gasteiger partial charge in [0.1, 0.15) is 11.6 Å². The van der Waals surface area contributed by atoms with Crippen LogP contribution >= 0.6 is 11.6 Å².